The second-order valence-corrected chi connectivity index (χ2v) is 4.93. The summed E-state index contributed by atoms with van der Waals surface area (Å²) in [6.45, 7) is 1.94. The Bertz CT molecular complexity index is 451. The molecule has 0 aromatic rings. The van der Waals surface area contributed by atoms with Gasteiger partial charge in [0.1, 0.15) is 18.2 Å². The fourth-order valence-electron chi connectivity index (χ4n) is 3.02. The van der Waals surface area contributed by atoms with E-state index >= 15 is 0 Å². The minimum atomic E-state index is -0.970. The molecule has 2 bridgehead atoms. The van der Waals surface area contributed by atoms with Gasteiger partial charge in [-0.15, -0.1) is 0 Å². The van der Waals surface area contributed by atoms with Crippen LogP contribution in [0.25, 0.3) is 0 Å². The molecule has 0 aliphatic carbocycles. The predicted molar refractivity (Wildman–Crippen MR) is 63.2 cm³/mol. The number of fused-ring (bicyclic) bond motifs is 3. The molecule has 104 valence electrons. The first-order valence-corrected chi connectivity index (χ1v) is 6.32. The van der Waals surface area contributed by atoms with E-state index in [4.69, 9.17) is 19.9 Å². The van der Waals surface area contributed by atoms with Gasteiger partial charge in [-0.2, -0.15) is 0 Å². The zero-order chi connectivity index (χ0) is 13.6. The second-order valence-electron chi connectivity index (χ2n) is 4.93. The Balaban J connectivity index is 1.85. The minimum absolute atomic E-state index is 0.0883. The number of nitrogens with two attached hydrogens (primary N) is 1. The molecule has 3 aliphatic heterocycles. The Morgan fingerprint density at radius 2 is 2.47 bits per heavy atom. The molecule has 2 saturated heterocycles. The molecule has 3 rings (SSSR count). The van der Waals surface area contributed by atoms with Gasteiger partial charge in [-0.3, -0.25) is 4.79 Å². The second kappa shape index (κ2) is 4.21. The third-order valence-corrected chi connectivity index (χ3v) is 3.82. The largest absolute Gasteiger partial charge is 0.465 e. The third-order valence-electron chi connectivity index (χ3n) is 3.82. The fraction of sp³-hybridized carbons (Fsp3) is 0.667. The van der Waals surface area contributed by atoms with E-state index in [9.17, 15) is 9.59 Å². The Labute approximate surface area is 110 Å². The molecule has 1 amide bonds. The van der Waals surface area contributed by atoms with Crippen LogP contribution >= 0.6 is 0 Å². The van der Waals surface area contributed by atoms with E-state index in [-0.39, 0.29) is 18.8 Å². The molecule has 3 N–H and O–H groups in total. The zero-order valence-electron chi connectivity index (χ0n) is 10.5. The van der Waals surface area contributed by atoms with Crippen LogP contribution in [0.15, 0.2) is 12.2 Å². The number of amides is 1. The summed E-state index contributed by atoms with van der Waals surface area (Å²) in [6.07, 6.45) is 3.25. The summed E-state index contributed by atoms with van der Waals surface area (Å²) < 4.78 is 15.9. The van der Waals surface area contributed by atoms with E-state index in [1.807, 2.05) is 12.2 Å². The average molecular weight is 268 g/mol. The van der Waals surface area contributed by atoms with Crippen molar-refractivity contribution in [3.63, 3.8) is 0 Å². The van der Waals surface area contributed by atoms with Crippen LogP contribution in [0.1, 0.15) is 13.3 Å². The molecule has 5 atom stereocenters. The van der Waals surface area contributed by atoms with Crippen molar-refractivity contribution >= 4 is 12.1 Å². The van der Waals surface area contributed by atoms with Crippen LogP contribution in [0.3, 0.4) is 0 Å². The standard InChI is InChI=1S/C12H16N2O5/c1-2-17-10(15)8(13)9-12(19-11(16)14-9)5-6-3-4-7(12)18-6/h3-4,6-9H,2,5,13H2,1H3,(H,14,16)/t6-,7+,8-,9+,12-/m1/s1. The molecule has 2 fully saturated rings. The van der Waals surface area contributed by atoms with Gasteiger partial charge in [-0.05, 0) is 6.92 Å². The fourth-order valence-corrected chi connectivity index (χ4v) is 3.02. The molecule has 7 heteroatoms. The van der Waals surface area contributed by atoms with Gasteiger partial charge < -0.3 is 25.3 Å². The van der Waals surface area contributed by atoms with E-state index in [0.29, 0.717) is 6.42 Å². The molecule has 0 saturated carbocycles. The lowest BCUT2D eigenvalue weighted by molar-refractivity contribution is -0.146. The molecule has 0 unspecified atom stereocenters. The van der Waals surface area contributed by atoms with Crippen molar-refractivity contribution < 1.29 is 23.8 Å². The van der Waals surface area contributed by atoms with Gasteiger partial charge in [0.2, 0.25) is 0 Å². The summed E-state index contributed by atoms with van der Waals surface area (Å²) in [5.74, 6) is -0.551. The van der Waals surface area contributed by atoms with Crippen LogP contribution in [0.5, 0.6) is 0 Å². The van der Waals surface area contributed by atoms with Gasteiger partial charge >= 0.3 is 12.1 Å². The van der Waals surface area contributed by atoms with Crippen LogP contribution in [0.4, 0.5) is 4.79 Å². The Hall–Kier alpha value is -1.60. The summed E-state index contributed by atoms with van der Waals surface area (Å²) in [6, 6.07) is -1.61. The van der Waals surface area contributed by atoms with Crippen LogP contribution in [0.2, 0.25) is 0 Å². The topological polar surface area (TPSA) is 99.9 Å². The monoisotopic (exact) mass is 268 g/mol. The van der Waals surface area contributed by atoms with E-state index in [0.717, 1.165) is 0 Å². The lowest BCUT2D eigenvalue weighted by Crippen LogP contribution is -2.61. The Kier molecular flexibility index (Phi) is 2.75. The number of carbonyl (C=O) groups excluding carboxylic acids is 2. The van der Waals surface area contributed by atoms with Crippen molar-refractivity contribution in [1.29, 1.82) is 0 Å². The quantitative estimate of drug-likeness (QED) is 0.526. The van der Waals surface area contributed by atoms with E-state index < -0.39 is 29.7 Å². The van der Waals surface area contributed by atoms with Crippen molar-refractivity contribution in [3.8, 4) is 0 Å². The maximum absolute atomic E-state index is 11.8. The smallest absolute Gasteiger partial charge is 0.408 e. The molecule has 0 radical (unpaired) electrons. The van der Waals surface area contributed by atoms with E-state index in [1.165, 1.54) is 0 Å². The van der Waals surface area contributed by atoms with Crippen molar-refractivity contribution in [2.45, 2.75) is 43.2 Å². The van der Waals surface area contributed by atoms with Gasteiger partial charge in [-0.25, -0.2) is 4.79 Å². The third kappa shape index (κ3) is 1.73. The highest BCUT2D eigenvalue weighted by molar-refractivity contribution is 5.80. The average Bonchev–Trinajstić information content (AvgIpc) is 3.03. The van der Waals surface area contributed by atoms with Gasteiger partial charge in [0.15, 0.2) is 5.60 Å². The number of hydrogen-bond donors (Lipinski definition) is 2. The maximum Gasteiger partial charge on any atom is 0.408 e. The Morgan fingerprint density at radius 1 is 1.68 bits per heavy atom. The van der Waals surface area contributed by atoms with Crippen LogP contribution in [0, 0.1) is 0 Å². The first kappa shape index (κ1) is 12.4. The van der Waals surface area contributed by atoms with Gasteiger partial charge in [0.25, 0.3) is 0 Å². The van der Waals surface area contributed by atoms with Crippen molar-refractivity contribution in [3.05, 3.63) is 12.2 Å². The highest BCUT2D eigenvalue weighted by atomic mass is 16.6. The molecule has 7 nitrogen and oxygen atoms in total. The predicted octanol–water partition coefficient (Wildman–Crippen LogP) is -0.549. The van der Waals surface area contributed by atoms with Crippen molar-refractivity contribution in [1.82, 2.24) is 5.32 Å². The highest BCUT2D eigenvalue weighted by Gasteiger charge is 2.63. The molecular formula is C12H16N2O5. The molecule has 0 aromatic carbocycles. The van der Waals surface area contributed by atoms with Gasteiger partial charge in [0, 0.05) is 6.42 Å². The maximum atomic E-state index is 11.8. The van der Waals surface area contributed by atoms with Crippen LogP contribution in [-0.2, 0) is 19.0 Å². The molecule has 1 spiro atoms. The number of nitrogens with one attached hydrogen (secondary N) is 1. The van der Waals surface area contributed by atoms with Crippen LogP contribution in [-0.4, -0.2) is 48.6 Å². The number of carbonyl (C=O) groups is 2. The molecule has 3 heterocycles. The van der Waals surface area contributed by atoms with Gasteiger partial charge in [-0.1, -0.05) is 12.2 Å². The summed E-state index contributed by atoms with van der Waals surface area (Å²) >= 11 is 0. The summed E-state index contributed by atoms with van der Waals surface area (Å²) in [7, 11) is 0. The summed E-state index contributed by atoms with van der Waals surface area (Å²) in [4.78, 5) is 23.3. The summed E-state index contributed by atoms with van der Waals surface area (Å²) in [5, 5.41) is 2.61. The SMILES string of the molecule is CCOC(=O)[C@H](N)[C@@H]1NC(=O)O[C@@]12C[C@H]1C=C[C@@H]2O1. The number of hydrogen-bond acceptors (Lipinski definition) is 6. The minimum Gasteiger partial charge on any atom is -0.465 e. The summed E-state index contributed by atoms with van der Waals surface area (Å²) in [5.41, 5.74) is 5.01. The number of esters is 1. The molecular weight excluding hydrogens is 252 g/mol. The lowest BCUT2D eigenvalue weighted by Gasteiger charge is -2.33. The number of ether oxygens (including phenoxy) is 3. The molecule has 0 aromatic heterocycles. The normalized spacial score (nSPS) is 40.3. The van der Waals surface area contributed by atoms with Gasteiger partial charge in [0.05, 0.1) is 12.7 Å². The van der Waals surface area contributed by atoms with Crippen molar-refractivity contribution in [2.75, 3.05) is 6.61 Å². The highest BCUT2D eigenvalue weighted by Crippen LogP contribution is 2.45. The number of rotatable bonds is 3. The zero-order valence-corrected chi connectivity index (χ0v) is 10.5. The molecule has 19 heavy (non-hydrogen) atoms. The number of alkyl carbamates (subject to hydrolysis) is 1. The molecule has 3 aliphatic rings. The van der Waals surface area contributed by atoms with Crippen molar-refractivity contribution in [2.24, 2.45) is 5.73 Å². The lowest BCUT2D eigenvalue weighted by atomic mass is 9.80. The Morgan fingerprint density at radius 3 is 3.05 bits per heavy atom. The first-order valence-electron chi connectivity index (χ1n) is 6.32. The van der Waals surface area contributed by atoms with Crippen LogP contribution < -0.4 is 11.1 Å². The van der Waals surface area contributed by atoms with E-state index in [2.05, 4.69) is 5.32 Å². The first-order chi connectivity index (χ1) is 9.06. The van der Waals surface area contributed by atoms with E-state index in [1.54, 1.807) is 6.92 Å².